The van der Waals surface area contributed by atoms with E-state index in [2.05, 4.69) is 32.5 Å². The average molecular weight is 458 g/mol. The number of benzene rings is 1. The number of nitrogens with one attached hydrogen (secondary N) is 2. The van der Waals surface area contributed by atoms with Gasteiger partial charge in [-0.15, -0.1) is 10.2 Å². The first kappa shape index (κ1) is 23.5. The van der Waals surface area contributed by atoms with Crippen molar-refractivity contribution in [2.45, 2.75) is 56.3 Å². The van der Waals surface area contributed by atoms with Gasteiger partial charge >= 0.3 is 0 Å². The van der Waals surface area contributed by atoms with Crippen LogP contribution in [0.25, 0.3) is 0 Å². The van der Waals surface area contributed by atoms with Crippen LogP contribution in [0.4, 0.5) is 0 Å². The van der Waals surface area contributed by atoms with Crippen LogP contribution in [0.1, 0.15) is 66.8 Å². The molecule has 3 aromatic rings. The molecule has 1 aromatic carbocycles. The van der Waals surface area contributed by atoms with Gasteiger partial charge in [0.1, 0.15) is 0 Å². The molecule has 0 bridgehead atoms. The maximum Gasteiger partial charge on any atom is 0.269 e. The summed E-state index contributed by atoms with van der Waals surface area (Å²) in [6, 6.07) is 10.4. The Kier molecular flexibility index (Phi) is 8.04. The monoisotopic (exact) mass is 457 g/mol. The highest BCUT2D eigenvalue weighted by Crippen LogP contribution is 2.30. The maximum absolute atomic E-state index is 12.6. The molecule has 0 fully saturated rings. The smallest absolute Gasteiger partial charge is 0.269 e. The Morgan fingerprint density at radius 2 is 1.81 bits per heavy atom. The molecular formula is C22H27N5O4S. The number of Topliss-reactive ketones (excluding diaryl/α,β-unsaturated/α-hetero) is 2. The lowest BCUT2D eigenvalue weighted by molar-refractivity contribution is -0.114. The summed E-state index contributed by atoms with van der Waals surface area (Å²) in [5.41, 5.74) is 1.61. The number of aromatic nitrogens is 5. The second kappa shape index (κ2) is 10.9. The molecule has 1 atom stereocenters. The van der Waals surface area contributed by atoms with Gasteiger partial charge in [0.2, 0.25) is 11.6 Å². The van der Waals surface area contributed by atoms with E-state index in [-0.39, 0.29) is 23.9 Å². The highest BCUT2D eigenvalue weighted by atomic mass is 32.2. The van der Waals surface area contributed by atoms with E-state index in [9.17, 15) is 18.0 Å². The number of carbonyl (C=O) groups excluding carboxylic acids is 2. The number of nitrogens with zero attached hydrogens (tertiary/aromatic N) is 3. The van der Waals surface area contributed by atoms with Gasteiger partial charge in [-0.2, -0.15) is 5.21 Å². The number of tetrazole rings is 1. The van der Waals surface area contributed by atoms with Crippen LogP contribution in [-0.4, -0.2) is 51.3 Å². The number of carbonyl (C=O) groups is 2. The van der Waals surface area contributed by atoms with Gasteiger partial charge in [0, 0.05) is 11.9 Å². The highest BCUT2D eigenvalue weighted by Gasteiger charge is 2.24. The summed E-state index contributed by atoms with van der Waals surface area (Å²) in [6.07, 6.45) is 5.69. The Morgan fingerprint density at radius 1 is 1.06 bits per heavy atom. The molecule has 2 heterocycles. The number of ketones is 2. The van der Waals surface area contributed by atoms with Gasteiger partial charge in [0.25, 0.3) is 5.78 Å². The molecule has 0 aliphatic carbocycles. The van der Waals surface area contributed by atoms with E-state index in [0.29, 0.717) is 23.4 Å². The molecule has 3 rings (SSSR count). The number of hydrogen-bond acceptors (Lipinski definition) is 7. The van der Waals surface area contributed by atoms with Crippen molar-refractivity contribution in [1.82, 2.24) is 25.6 Å². The van der Waals surface area contributed by atoms with Crippen LogP contribution in [0.2, 0.25) is 0 Å². The van der Waals surface area contributed by atoms with Crippen molar-refractivity contribution in [3.05, 3.63) is 59.7 Å². The van der Waals surface area contributed by atoms with E-state index in [1.807, 2.05) is 6.07 Å². The van der Waals surface area contributed by atoms with Crippen molar-refractivity contribution >= 4 is 21.4 Å². The lowest BCUT2D eigenvalue weighted by Crippen LogP contribution is -2.19. The second-order valence-corrected chi connectivity index (χ2v) is 9.80. The Morgan fingerprint density at radius 3 is 2.50 bits per heavy atom. The minimum Gasteiger partial charge on any atom is -0.364 e. The average Bonchev–Trinajstić information content (AvgIpc) is 3.48. The molecule has 0 radical (unpaired) electrons. The first-order valence-electron chi connectivity index (χ1n) is 10.7. The molecule has 0 saturated carbocycles. The van der Waals surface area contributed by atoms with Crippen LogP contribution in [-0.2, 0) is 21.1 Å². The van der Waals surface area contributed by atoms with Crippen molar-refractivity contribution in [2.75, 3.05) is 5.75 Å². The van der Waals surface area contributed by atoms with Crippen LogP contribution < -0.4 is 0 Å². The van der Waals surface area contributed by atoms with Crippen LogP contribution in [0.15, 0.2) is 47.5 Å². The largest absolute Gasteiger partial charge is 0.364 e. The molecule has 2 N–H and O–H groups in total. The zero-order valence-corrected chi connectivity index (χ0v) is 18.8. The molecule has 2 aromatic heterocycles. The molecule has 0 spiro atoms. The molecular weight excluding hydrogens is 430 g/mol. The summed E-state index contributed by atoms with van der Waals surface area (Å²) in [7, 11) is -3.34. The van der Waals surface area contributed by atoms with Gasteiger partial charge in [-0.1, -0.05) is 38.0 Å². The highest BCUT2D eigenvalue weighted by molar-refractivity contribution is 7.91. The van der Waals surface area contributed by atoms with E-state index < -0.39 is 21.4 Å². The standard InChI is InChI=1S/C22H27N5O4S/c1-2-3-8-16(9-7-14-32(30,31)17-10-5-4-6-11-17)18-12-13-23-19(18)15-20(28)21(29)22-24-26-27-25-22/h4-6,10-13,16,23H,2-3,7-9,14-15H2,1H3,(H,24,25,26,27). The SMILES string of the molecule is CCCCC(CCCS(=O)(=O)c1ccccc1)c1cc[nH]c1CC(=O)C(=O)c1nn[nH]n1. The quantitative estimate of drug-likeness (QED) is 0.297. The first-order valence-corrected chi connectivity index (χ1v) is 12.3. The van der Waals surface area contributed by atoms with Crippen molar-refractivity contribution in [2.24, 2.45) is 0 Å². The second-order valence-electron chi connectivity index (χ2n) is 7.69. The van der Waals surface area contributed by atoms with Gasteiger partial charge in [0.05, 0.1) is 17.1 Å². The zero-order valence-electron chi connectivity index (χ0n) is 18.0. The van der Waals surface area contributed by atoms with Crippen LogP contribution in [0.3, 0.4) is 0 Å². The van der Waals surface area contributed by atoms with Crippen molar-refractivity contribution < 1.29 is 18.0 Å². The van der Waals surface area contributed by atoms with Crippen LogP contribution in [0.5, 0.6) is 0 Å². The first-order chi connectivity index (χ1) is 15.4. The van der Waals surface area contributed by atoms with E-state index in [4.69, 9.17) is 0 Å². The van der Waals surface area contributed by atoms with E-state index >= 15 is 0 Å². The fraction of sp³-hybridized carbons (Fsp3) is 0.409. The predicted molar refractivity (Wildman–Crippen MR) is 118 cm³/mol. The molecule has 0 aliphatic rings. The fourth-order valence-electron chi connectivity index (χ4n) is 3.75. The number of unbranched alkanes of at least 4 members (excludes halogenated alkanes) is 1. The third-order valence-corrected chi connectivity index (χ3v) is 7.24. The summed E-state index contributed by atoms with van der Waals surface area (Å²) in [5.74, 6) is -1.52. The van der Waals surface area contributed by atoms with Crippen molar-refractivity contribution in [1.29, 1.82) is 0 Å². The fourth-order valence-corrected chi connectivity index (χ4v) is 5.10. The Hall–Kier alpha value is -3.14. The predicted octanol–water partition coefficient (Wildman–Crippen LogP) is 3.05. The van der Waals surface area contributed by atoms with Crippen molar-refractivity contribution in [3.8, 4) is 0 Å². The van der Waals surface area contributed by atoms with Gasteiger partial charge in [0.15, 0.2) is 9.84 Å². The van der Waals surface area contributed by atoms with Gasteiger partial charge in [-0.25, -0.2) is 8.42 Å². The molecule has 0 aliphatic heterocycles. The third-order valence-electron chi connectivity index (χ3n) is 5.42. The Balaban J connectivity index is 1.68. The number of rotatable bonds is 13. The molecule has 32 heavy (non-hydrogen) atoms. The maximum atomic E-state index is 12.6. The minimum absolute atomic E-state index is 0.0641. The van der Waals surface area contributed by atoms with Crippen LogP contribution >= 0.6 is 0 Å². The number of sulfone groups is 1. The van der Waals surface area contributed by atoms with Gasteiger partial charge < -0.3 is 4.98 Å². The summed E-state index contributed by atoms with van der Waals surface area (Å²) in [4.78, 5) is 28.0. The Bertz CT molecular complexity index is 1120. The molecule has 0 saturated heterocycles. The molecule has 170 valence electrons. The lowest BCUT2D eigenvalue weighted by Gasteiger charge is -2.18. The van der Waals surface area contributed by atoms with E-state index in [0.717, 1.165) is 24.8 Å². The van der Waals surface area contributed by atoms with Crippen molar-refractivity contribution in [3.63, 3.8) is 0 Å². The number of hydrogen-bond donors (Lipinski definition) is 2. The third kappa shape index (κ3) is 5.97. The minimum atomic E-state index is -3.34. The number of H-pyrrole nitrogens is 2. The summed E-state index contributed by atoms with van der Waals surface area (Å²) < 4.78 is 25.2. The molecule has 9 nitrogen and oxygen atoms in total. The zero-order chi connectivity index (χ0) is 23.0. The Labute approximate surface area is 186 Å². The molecule has 1 unspecified atom stereocenters. The van der Waals surface area contributed by atoms with E-state index in [1.54, 1.807) is 36.5 Å². The molecule has 0 amide bonds. The normalized spacial score (nSPS) is 12.5. The molecule has 10 heteroatoms. The van der Waals surface area contributed by atoms with E-state index in [1.165, 1.54) is 0 Å². The number of aromatic amines is 2. The summed E-state index contributed by atoms with van der Waals surface area (Å²) in [6.45, 7) is 2.10. The summed E-state index contributed by atoms with van der Waals surface area (Å²) in [5, 5.41) is 12.6. The van der Waals surface area contributed by atoms with Gasteiger partial charge in [-0.3, -0.25) is 9.59 Å². The summed E-state index contributed by atoms with van der Waals surface area (Å²) >= 11 is 0. The van der Waals surface area contributed by atoms with Crippen LogP contribution in [0, 0.1) is 0 Å². The lowest BCUT2D eigenvalue weighted by atomic mass is 9.88. The topological polar surface area (TPSA) is 139 Å². The van der Waals surface area contributed by atoms with Gasteiger partial charge in [-0.05, 0) is 54.2 Å².